The first-order valence-corrected chi connectivity index (χ1v) is 10.9. The highest BCUT2D eigenvalue weighted by Crippen LogP contribution is 2.35. The Bertz CT molecular complexity index is 1020. The van der Waals surface area contributed by atoms with Crippen molar-refractivity contribution < 1.29 is 9.13 Å². The highest BCUT2D eigenvalue weighted by molar-refractivity contribution is 5.84. The van der Waals surface area contributed by atoms with Gasteiger partial charge in [0.15, 0.2) is 5.82 Å². The topological polar surface area (TPSA) is 64.9 Å². The van der Waals surface area contributed by atoms with Crippen LogP contribution in [-0.4, -0.2) is 32.4 Å². The van der Waals surface area contributed by atoms with Crippen molar-refractivity contribution >= 4 is 16.7 Å². The Balaban J connectivity index is 1.54. The van der Waals surface area contributed by atoms with Crippen molar-refractivity contribution in [2.75, 3.05) is 11.9 Å². The number of pyridine rings is 2. The van der Waals surface area contributed by atoms with Gasteiger partial charge in [-0.3, -0.25) is 4.68 Å². The minimum absolute atomic E-state index is 0.0181. The van der Waals surface area contributed by atoms with Crippen molar-refractivity contribution in [3.8, 4) is 5.88 Å². The summed E-state index contributed by atoms with van der Waals surface area (Å²) in [6.07, 6.45) is 7.09. The van der Waals surface area contributed by atoms with Crippen molar-refractivity contribution in [2.24, 2.45) is 0 Å². The number of aryl methyl sites for hydroxylation is 1. The van der Waals surface area contributed by atoms with Crippen LogP contribution in [0.15, 0.2) is 24.5 Å². The van der Waals surface area contributed by atoms with Crippen LogP contribution in [0.2, 0.25) is 0 Å². The maximum Gasteiger partial charge on any atom is 0.250 e. The molecule has 6 nitrogen and oxygen atoms in total. The number of nitrogens with one attached hydrogen (secondary N) is 1. The van der Waals surface area contributed by atoms with Gasteiger partial charge in [-0.05, 0) is 57.1 Å². The molecule has 1 N–H and O–H groups in total. The monoisotopic (exact) mass is 411 g/mol. The van der Waals surface area contributed by atoms with Crippen LogP contribution in [0.3, 0.4) is 0 Å². The van der Waals surface area contributed by atoms with Gasteiger partial charge in [-0.1, -0.05) is 13.8 Å². The third-order valence-corrected chi connectivity index (χ3v) is 5.84. The van der Waals surface area contributed by atoms with E-state index in [0.717, 1.165) is 54.6 Å². The number of anilines is 1. The maximum atomic E-state index is 14.2. The molecule has 1 saturated carbocycles. The molecular formula is C23H30FN5O. The van der Waals surface area contributed by atoms with Crippen molar-refractivity contribution in [3.05, 3.63) is 41.6 Å². The molecule has 0 aromatic carbocycles. The molecule has 160 valence electrons. The van der Waals surface area contributed by atoms with Gasteiger partial charge in [0.25, 0.3) is 5.88 Å². The second-order valence-electron chi connectivity index (χ2n) is 8.40. The Hall–Kier alpha value is -2.70. The lowest BCUT2D eigenvalue weighted by molar-refractivity contribution is 0.120. The molecule has 3 aromatic rings. The predicted octanol–water partition coefficient (Wildman–Crippen LogP) is 5.39. The lowest BCUT2D eigenvalue weighted by Gasteiger charge is -2.29. The zero-order chi connectivity index (χ0) is 21.3. The average Bonchev–Trinajstić information content (AvgIpc) is 3.11. The van der Waals surface area contributed by atoms with E-state index in [0.29, 0.717) is 17.5 Å². The number of fused-ring (bicyclic) bond motifs is 1. The van der Waals surface area contributed by atoms with E-state index in [1.54, 1.807) is 19.2 Å². The van der Waals surface area contributed by atoms with Crippen LogP contribution in [0, 0.1) is 12.7 Å². The zero-order valence-corrected chi connectivity index (χ0v) is 18.2. The summed E-state index contributed by atoms with van der Waals surface area (Å²) < 4.78 is 22.3. The third-order valence-electron chi connectivity index (χ3n) is 5.84. The van der Waals surface area contributed by atoms with Crippen molar-refractivity contribution in [1.29, 1.82) is 0 Å². The molecule has 1 fully saturated rings. The van der Waals surface area contributed by atoms with Gasteiger partial charge < -0.3 is 10.1 Å². The molecule has 0 aliphatic heterocycles. The number of hydrogen-bond acceptors (Lipinski definition) is 5. The number of ether oxygens (including phenoxy) is 1. The molecule has 0 bridgehead atoms. The molecule has 0 amide bonds. The maximum absolute atomic E-state index is 14.2. The number of halogens is 1. The summed E-state index contributed by atoms with van der Waals surface area (Å²) in [7, 11) is 0. The summed E-state index contributed by atoms with van der Waals surface area (Å²) in [6.45, 7) is 8.95. The second kappa shape index (κ2) is 8.58. The van der Waals surface area contributed by atoms with Gasteiger partial charge in [-0.25, -0.2) is 14.4 Å². The number of aromatic nitrogens is 4. The van der Waals surface area contributed by atoms with Crippen molar-refractivity contribution in [2.45, 2.75) is 71.4 Å². The van der Waals surface area contributed by atoms with Gasteiger partial charge in [0.05, 0.1) is 17.3 Å². The molecule has 0 radical (unpaired) electrons. The molecule has 30 heavy (non-hydrogen) atoms. The largest absolute Gasteiger partial charge is 0.472 e. The highest BCUT2D eigenvalue weighted by atomic mass is 19.1. The van der Waals surface area contributed by atoms with E-state index in [4.69, 9.17) is 9.84 Å². The Morgan fingerprint density at radius 2 is 2.00 bits per heavy atom. The lowest BCUT2D eigenvalue weighted by atomic mass is 9.93. The predicted molar refractivity (Wildman–Crippen MR) is 117 cm³/mol. The molecule has 1 aliphatic carbocycles. The van der Waals surface area contributed by atoms with E-state index in [9.17, 15) is 4.39 Å². The number of nitrogens with zero attached hydrogens (tertiary/aromatic N) is 4. The van der Waals surface area contributed by atoms with Gasteiger partial charge >= 0.3 is 0 Å². The van der Waals surface area contributed by atoms with E-state index in [-0.39, 0.29) is 17.8 Å². The molecule has 0 saturated heterocycles. The van der Waals surface area contributed by atoms with Gasteiger partial charge in [-0.15, -0.1) is 0 Å². The fourth-order valence-electron chi connectivity index (χ4n) is 4.20. The first-order valence-electron chi connectivity index (χ1n) is 10.9. The average molecular weight is 412 g/mol. The Morgan fingerprint density at radius 1 is 1.23 bits per heavy atom. The van der Waals surface area contributed by atoms with Crippen LogP contribution in [0.5, 0.6) is 5.88 Å². The molecule has 3 aromatic heterocycles. The summed E-state index contributed by atoms with van der Waals surface area (Å²) >= 11 is 0. The fraction of sp³-hybridized carbons (Fsp3) is 0.522. The summed E-state index contributed by atoms with van der Waals surface area (Å²) in [5.41, 5.74) is 2.77. The first kappa shape index (κ1) is 20.6. The van der Waals surface area contributed by atoms with Crippen LogP contribution < -0.4 is 10.1 Å². The number of hydrogen-bond donors (Lipinski definition) is 1. The van der Waals surface area contributed by atoms with Crippen LogP contribution in [0.25, 0.3) is 10.9 Å². The smallest absolute Gasteiger partial charge is 0.250 e. The second-order valence-corrected chi connectivity index (χ2v) is 8.40. The molecular weight excluding hydrogens is 381 g/mol. The van der Waals surface area contributed by atoms with Crippen LogP contribution in [0.4, 0.5) is 10.2 Å². The van der Waals surface area contributed by atoms with E-state index in [2.05, 4.69) is 46.8 Å². The van der Waals surface area contributed by atoms with E-state index in [1.807, 2.05) is 6.20 Å². The summed E-state index contributed by atoms with van der Waals surface area (Å²) in [5.74, 6) is 0.962. The van der Waals surface area contributed by atoms with Crippen molar-refractivity contribution in [1.82, 2.24) is 19.7 Å². The Kier molecular flexibility index (Phi) is 5.88. The number of rotatable bonds is 6. The lowest BCUT2D eigenvalue weighted by Crippen LogP contribution is -2.27. The summed E-state index contributed by atoms with van der Waals surface area (Å²) in [4.78, 5) is 8.62. The van der Waals surface area contributed by atoms with E-state index >= 15 is 0 Å². The minimum atomic E-state index is -0.359. The SMILES string of the molecule is CCNc1cc2c(cn1)c(C(C)C)nn2C1CCC(Oc2nccc(C)c2F)CC1. The Labute approximate surface area is 176 Å². The molecule has 1 aliphatic rings. The minimum Gasteiger partial charge on any atom is -0.472 e. The van der Waals surface area contributed by atoms with Crippen molar-refractivity contribution in [3.63, 3.8) is 0 Å². The molecule has 0 unspecified atom stereocenters. The van der Waals surface area contributed by atoms with E-state index in [1.165, 1.54) is 0 Å². The third kappa shape index (κ3) is 3.98. The molecule has 7 heteroatoms. The Morgan fingerprint density at radius 3 is 2.70 bits per heavy atom. The standard InChI is InChI=1S/C23H30FN5O/c1-5-25-20-12-19-18(13-27-20)22(14(2)3)28-29(19)16-6-8-17(9-7-16)30-23-21(24)15(4)10-11-26-23/h10-14,16-17H,5-9H2,1-4H3,(H,25,27). The summed E-state index contributed by atoms with van der Waals surface area (Å²) in [5, 5.41) is 9.40. The molecule has 0 spiro atoms. The fourth-order valence-corrected chi connectivity index (χ4v) is 4.20. The molecule has 3 heterocycles. The van der Waals surface area contributed by atoms with Crippen LogP contribution in [-0.2, 0) is 0 Å². The zero-order valence-electron chi connectivity index (χ0n) is 18.2. The van der Waals surface area contributed by atoms with Crippen LogP contribution >= 0.6 is 0 Å². The highest BCUT2D eigenvalue weighted by Gasteiger charge is 2.27. The van der Waals surface area contributed by atoms with Gasteiger partial charge in [0.1, 0.15) is 11.9 Å². The summed E-state index contributed by atoms with van der Waals surface area (Å²) in [6, 6.07) is 4.06. The van der Waals surface area contributed by atoms with Gasteiger partial charge in [0.2, 0.25) is 0 Å². The van der Waals surface area contributed by atoms with E-state index < -0.39 is 0 Å². The van der Waals surface area contributed by atoms with Crippen LogP contribution in [0.1, 0.15) is 69.7 Å². The van der Waals surface area contributed by atoms with Gasteiger partial charge in [0, 0.05) is 30.4 Å². The molecule has 0 atom stereocenters. The normalized spacial score (nSPS) is 19.4. The quantitative estimate of drug-likeness (QED) is 0.589. The van der Waals surface area contributed by atoms with Gasteiger partial charge in [-0.2, -0.15) is 5.10 Å². The molecule has 4 rings (SSSR count). The first-order chi connectivity index (χ1) is 14.5.